The Balaban J connectivity index is 1.51. The highest BCUT2D eigenvalue weighted by molar-refractivity contribution is 5.31. The van der Waals surface area contributed by atoms with Gasteiger partial charge in [-0.3, -0.25) is 4.68 Å². The number of fused-ring (bicyclic) bond motifs is 1. The van der Waals surface area contributed by atoms with Crippen molar-refractivity contribution in [1.82, 2.24) is 15.1 Å². The Morgan fingerprint density at radius 1 is 1.35 bits per heavy atom. The van der Waals surface area contributed by atoms with Crippen LogP contribution in [0.3, 0.4) is 0 Å². The first-order valence-electron chi connectivity index (χ1n) is 7.21. The topological polar surface area (TPSA) is 39.1 Å². The molecule has 4 heteroatoms. The van der Waals surface area contributed by atoms with Gasteiger partial charge in [-0.2, -0.15) is 5.10 Å². The molecule has 0 bridgehead atoms. The molecule has 1 aromatic heterocycles. The van der Waals surface area contributed by atoms with Crippen molar-refractivity contribution in [3.63, 3.8) is 0 Å². The van der Waals surface area contributed by atoms with Crippen molar-refractivity contribution in [3.05, 3.63) is 53.3 Å². The van der Waals surface area contributed by atoms with E-state index in [1.54, 1.807) is 0 Å². The highest BCUT2D eigenvalue weighted by atomic mass is 16.5. The van der Waals surface area contributed by atoms with E-state index in [9.17, 15) is 0 Å². The van der Waals surface area contributed by atoms with Crippen molar-refractivity contribution >= 4 is 0 Å². The Bertz CT molecular complexity index is 564. The van der Waals surface area contributed by atoms with Crippen molar-refractivity contribution in [2.24, 2.45) is 7.05 Å². The Kier molecular flexibility index (Phi) is 4.14. The quantitative estimate of drug-likeness (QED) is 0.844. The molecule has 20 heavy (non-hydrogen) atoms. The minimum absolute atomic E-state index is 0.187. The molecular formula is C16H21N3O. The van der Waals surface area contributed by atoms with Gasteiger partial charge in [0, 0.05) is 38.4 Å². The van der Waals surface area contributed by atoms with Crippen molar-refractivity contribution in [2.75, 3.05) is 19.7 Å². The number of aryl methyl sites for hydroxylation is 1. The summed E-state index contributed by atoms with van der Waals surface area (Å²) >= 11 is 0. The lowest BCUT2D eigenvalue weighted by Crippen LogP contribution is -2.29. The summed E-state index contributed by atoms with van der Waals surface area (Å²) in [5.74, 6) is 0. The molecule has 1 aliphatic heterocycles. The zero-order valence-corrected chi connectivity index (χ0v) is 11.9. The van der Waals surface area contributed by atoms with E-state index in [2.05, 4.69) is 40.7 Å². The minimum Gasteiger partial charge on any atom is -0.372 e. The molecule has 4 nitrogen and oxygen atoms in total. The maximum Gasteiger partial charge on any atom is 0.0952 e. The monoisotopic (exact) mass is 271 g/mol. The van der Waals surface area contributed by atoms with E-state index in [1.807, 2.05) is 17.9 Å². The van der Waals surface area contributed by atoms with Gasteiger partial charge >= 0.3 is 0 Å². The van der Waals surface area contributed by atoms with Crippen LogP contribution in [0.25, 0.3) is 0 Å². The molecule has 0 amide bonds. The number of aromatic nitrogens is 2. The summed E-state index contributed by atoms with van der Waals surface area (Å²) < 4.78 is 7.81. The molecule has 1 aliphatic rings. The Hall–Kier alpha value is -1.65. The number of hydrogen-bond acceptors (Lipinski definition) is 3. The van der Waals surface area contributed by atoms with E-state index in [0.717, 1.165) is 32.5 Å². The van der Waals surface area contributed by atoms with Crippen molar-refractivity contribution < 1.29 is 4.74 Å². The smallest absolute Gasteiger partial charge is 0.0952 e. The van der Waals surface area contributed by atoms with Gasteiger partial charge in [0.25, 0.3) is 0 Å². The largest absolute Gasteiger partial charge is 0.372 e. The molecule has 0 radical (unpaired) electrons. The van der Waals surface area contributed by atoms with E-state index in [0.29, 0.717) is 0 Å². The van der Waals surface area contributed by atoms with Gasteiger partial charge in [-0.05, 0) is 23.6 Å². The van der Waals surface area contributed by atoms with E-state index in [-0.39, 0.29) is 6.10 Å². The molecule has 2 aromatic rings. The molecule has 106 valence electrons. The highest BCUT2D eigenvalue weighted by Crippen LogP contribution is 2.26. The van der Waals surface area contributed by atoms with E-state index < -0.39 is 0 Å². The van der Waals surface area contributed by atoms with Crippen LogP contribution in [-0.2, 0) is 24.6 Å². The van der Waals surface area contributed by atoms with Crippen molar-refractivity contribution in [3.8, 4) is 0 Å². The Morgan fingerprint density at radius 3 is 3.10 bits per heavy atom. The Morgan fingerprint density at radius 2 is 2.25 bits per heavy atom. The fraction of sp³-hybridized carbons (Fsp3) is 0.438. The van der Waals surface area contributed by atoms with E-state index in [4.69, 9.17) is 4.74 Å². The van der Waals surface area contributed by atoms with Crippen LogP contribution >= 0.6 is 0 Å². The molecular weight excluding hydrogens is 250 g/mol. The lowest BCUT2D eigenvalue weighted by molar-refractivity contribution is 0.0427. The van der Waals surface area contributed by atoms with Crippen LogP contribution in [0.4, 0.5) is 0 Å². The number of ether oxygens (including phenoxy) is 1. The fourth-order valence-electron chi connectivity index (χ4n) is 2.74. The van der Waals surface area contributed by atoms with E-state index in [1.165, 1.54) is 16.8 Å². The van der Waals surface area contributed by atoms with Crippen molar-refractivity contribution in [1.29, 1.82) is 0 Å². The van der Waals surface area contributed by atoms with Crippen LogP contribution in [0.1, 0.15) is 22.9 Å². The first kappa shape index (κ1) is 13.3. The summed E-state index contributed by atoms with van der Waals surface area (Å²) in [7, 11) is 1.98. The summed E-state index contributed by atoms with van der Waals surface area (Å²) in [6.45, 7) is 2.64. The first-order valence-corrected chi connectivity index (χ1v) is 7.21. The van der Waals surface area contributed by atoms with Gasteiger partial charge in [-0.1, -0.05) is 24.3 Å². The second-order valence-corrected chi connectivity index (χ2v) is 5.21. The molecule has 1 N–H and O–H groups in total. The molecule has 1 aromatic carbocycles. The van der Waals surface area contributed by atoms with Gasteiger partial charge in [-0.25, -0.2) is 0 Å². The first-order chi connectivity index (χ1) is 9.84. The predicted molar refractivity (Wildman–Crippen MR) is 78.6 cm³/mol. The summed E-state index contributed by atoms with van der Waals surface area (Å²) in [6.07, 6.45) is 4.05. The maximum absolute atomic E-state index is 5.89. The molecule has 0 spiro atoms. The SMILES string of the molecule is Cn1nccc1CCNCC1OCCc2ccccc21. The number of hydrogen-bond donors (Lipinski definition) is 1. The van der Waals surface area contributed by atoms with Crippen LogP contribution in [0, 0.1) is 0 Å². The van der Waals surface area contributed by atoms with Gasteiger partial charge in [0.1, 0.15) is 0 Å². The third-order valence-corrected chi connectivity index (χ3v) is 3.90. The highest BCUT2D eigenvalue weighted by Gasteiger charge is 2.19. The zero-order valence-electron chi connectivity index (χ0n) is 11.9. The number of rotatable bonds is 5. The standard InChI is InChI=1S/C16H21N3O/c1-19-14(7-10-18-19)6-9-17-12-16-15-5-3-2-4-13(15)8-11-20-16/h2-5,7,10,16-17H,6,8-9,11-12H2,1H3. The van der Waals surface area contributed by atoms with Gasteiger partial charge in [0.05, 0.1) is 12.7 Å². The molecule has 1 unspecified atom stereocenters. The number of nitrogens with zero attached hydrogens (tertiary/aromatic N) is 2. The summed E-state index contributed by atoms with van der Waals surface area (Å²) in [5.41, 5.74) is 4.02. The summed E-state index contributed by atoms with van der Waals surface area (Å²) in [6, 6.07) is 10.7. The lowest BCUT2D eigenvalue weighted by Gasteiger charge is -2.26. The third-order valence-electron chi connectivity index (χ3n) is 3.90. The van der Waals surface area contributed by atoms with Gasteiger partial charge < -0.3 is 10.1 Å². The third kappa shape index (κ3) is 2.92. The van der Waals surface area contributed by atoms with Gasteiger partial charge in [0.2, 0.25) is 0 Å². The molecule has 0 saturated carbocycles. The molecule has 1 atom stereocenters. The van der Waals surface area contributed by atoms with Crippen LogP contribution in [-0.4, -0.2) is 29.5 Å². The lowest BCUT2D eigenvalue weighted by atomic mass is 9.97. The van der Waals surface area contributed by atoms with Gasteiger partial charge in [0.15, 0.2) is 0 Å². The second-order valence-electron chi connectivity index (χ2n) is 5.21. The minimum atomic E-state index is 0.187. The zero-order chi connectivity index (χ0) is 13.8. The second kappa shape index (κ2) is 6.20. The normalized spacial score (nSPS) is 17.9. The molecule has 0 fully saturated rings. The Labute approximate surface area is 119 Å². The van der Waals surface area contributed by atoms with Crippen LogP contribution in [0.15, 0.2) is 36.5 Å². The van der Waals surface area contributed by atoms with E-state index >= 15 is 0 Å². The van der Waals surface area contributed by atoms with Crippen LogP contribution in [0.2, 0.25) is 0 Å². The average molecular weight is 271 g/mol. The fourth-order valence-corrected chi connectivity index (χ4v) is 2.74. The molecule has 3 rings (SSSR count). The van der Waals surface area contributed by atoms with Crippen LogP contribution in [0.5, 0.6) is 0 Å². The number of nitrogens with one attached hydrogen (secondary N) is 1. The molecule has 2 heterocycles. The maximum atomic E-state index is 5.89. The predicted octanol–water partition coefficient (Wildman–Crippen LogP) is 1.87. The molecule has 0 aliphatic carbocycles. The van der Waals surface area contributed by atoms with Crippen molar-refractivity contribution in [2.45, 2.75) is 18.9 Å². The summed E-state index contributed by atoms with van der Waals surface area (Å²) in [5, 5.41) is 7.67. The van der Waals surface area contributed by atoms with Crippen LogP contribution < -0.4 is 5.32 Å². The summed E-state index contributed by atoms with van der Waals surface area (Å²) in [4.78, 5) is 0. The average Bonchev–Trinajstić information content (AvgIpc) is 2.89. The van der Waals surface area contributed by atoms with Gasteiger partial charge in [-0.15, -0.1) is 0 Å². The number of benzene rings is 1. The molecule has 0 saturated heterocycles.